The number of benzene rings is 9. The lowest BCUT2D eigenvalue weighted by Crippen LogP contribution is -2.40. The Morgan fingerprint density at radius 1 is 0.333 bits per heavy atom. The van der Waals surface area contributed by atoms with Crippen molar-refractivity contribution >= 4 is 39.0 Å². The van der Waals surface area contributed by atoms with Gasteiger partial charge in [-0.2, -0.15) is 0 Å². The lowest BCUT2D eigenvalue weighted by molar-refractivity contribution is 0.563. The lowest BCUT2D eigenvalue weighted by Gasteiger charge is -2.46. The summed E-state index contributed by atoms with van der Waals surface area (Å²) in [5.41, 5.74) is 20.2. The molecule has 1 heterocycles. The zero-order chi connectivity index (χ0) is 40.0. The van der Waals surface area contributed by atoms with Gasteiger partial charge in [0, 0.05) is 33.2 Å². The second-order valence-corrected chi connectivity index (χ2v) is 16.8. The third kappa shape index (κ3) is 4.94. The molecule has 0 atom stereocenters. The summed E-state index contributed by atoms with van der Waals surface area (Å²) in [6.45, 7) is 4.76. The van der Waals surface area contributed by atoms with Crippen LogP contribution in [0.4, 0.5) is 17.1 Å². The van der Waals surface area contributed by atoms with Crippen LogP contribution in [-0.2, 0) is 10.8 Å². The Labute approximate surface area is 350 Å². The van der Waals surface area contributed by atoms with Crippen molar-refractivity contribution in [3.05, 3.63) is 246 Å². The van der Waals surface area contributed by atoms with Crippen molar-refractivity contribution < 1.29 is 4.42 Å². The Morgan fingerprint density at radius 3 is 1.50 bits per heavy atom. The second-order valence-electron chi connectivity index (χ2n) is 16.8. The molecule has 2 aliphatic rings. The lowest BCUT2D eigenvalue weighted by atomic mass is 9.55. The molecule has 284 valence electrons. The zero-order valence-electron chi connectivity index (χ0n) is 33.6. The van der Waals surface area contributed by atoms with Gasteiger partial charge in [0.05, 0.1) is 5.41 Å². The van der Waals surface area contributed by atoms with Crippen LogP contribution in [-0.4, -0.2) is 0 Å². The summed E-state index contributed by atoms with van der Waals surface area (Å²) < 4.78 is 6.24. The molecule has 1 spiro atoms. The fraction of sp³-hybridized carbons (Fsp3) is 0.0690. The van der Waals surface area contributed by atoms with E-state index in [0.717, 1.165) is 39.0 Å². The van der Waals surface area contributed by atoms with Gasteiger partial charge in [-0.1, -0.05) is 172 Å². The molecule has 0 radical (unpaired) electrons. The summed E-state index contributed by atoms with van der Waals surface area (Å²) in [5, 5.41) is 2.22. The quantitative estimate of drug-likeness (QED) is 0.173. The van der Waals surface area contributed by atoms with E-state index in [1.807, 2.05) is 12.1 Å². The van der Waals surface area contributed by atoms with E-state index in [0.29, 0.717) is 0 Å². The number of nitrogens with zero attached hydrogens (tertiary/aromatic N) is 1. The fourth-order valence-corrected chi connectivity index (χ4v) is 10.6. The molecule has 1 aromatic heterocycles. The summed E-state index contributed by atoms with van der Waals surface area (Å²) in [7, 11) is 0. The predicted octanol–water partition coefficient (Wildman–Crippen LogP) is 15.4. The van der Waals surface area contributed by atoms with Crippen LogP contribution in [0.2, 0.25) is 0 Å². The van der Waals surface area contributed by atoms with E-state index in [9.17, 15) is 0 Å². The first-order valence-electron chi connectivity index (χ1n) is 20.9. The highest BCUT2D eigenvalue weighted by atomic mass is 16.3. The highest BCUT2D eigenvalue weighted by Gasteiger charge is 2.53. The van der Waals surface area contributed by atoms with Crippen molar-refractivity contribution in [1.82, 2.24) is 0 Å². The van der Waals surface area contributed by atoms with Crippen molar-refractivity contribution in [2.24, 2.45) is 0 Å². The smallest absolute Gasteiger partial charge is 0.135 e. The molecule has 0 aliphatic heterocycles. The van der Waals surface area contributed by atoms with Gasteiger partial charge in [0.1, 0.15) is 11.2 Å². The Balaban J connectivity index is 0.982. The Hall–Kier alpha value is -7.42. The average Bonchev–Trinajstić information content (AvgIpc) is 3.83. The molecule has 0 saturated heterocycles. The zero-order valence-corrected chi connectivity index (χ0v) is 33.6. The van der Waals surface area contributed by atoms with E-state index >= 15 is 0 Å². The van der Waals surface area contributed by atoms with Crippen LogP contribution >= 0.6 is 0 Å². The highest BCUT2D eigenvalue weighted by Crippen LogP contribution is 2.62. The van der Waals surface area contributed by atoms with Gasteiger partial charge in [-0.25, -0.2) is 0 Å². The van der Waals surface area contributed by atoms with E-state index in [2.05, 4.69) is 219 Å². The van der Waals surface area contributed by atoms with Gasteiger partial charge >= 0.3 is 0 Å². The maximum absolute atomic E-state index is 6.24. The molecule has 0 fully saturated rings. The highest BCUT2D eigenvalue weighted by molar-refractivity contribution is 6.06. The maximum atomic E-state index is 6.24. The monoisotopic (exact) mass is 767 g/mol. The normalized spacial score (nSPS) is 14.1. The average molecular weight is 768 g/mol. The van der Waals surface area contributed by atoms with Crippen LogP contribution in [0.1, 0.15) is 47.2 Å². The van der Waals surface area contributed by atoms with Crippen molar-refractivity contribution in [1.29, 1.82) is 0 Å². The maximum Gasteiger partial charge on any atom is 0.135 e. The van der Waals surface area contributed by atoms with E-state index in [-0.39, 0.29) is 5.41 Å². The molecule has 9 aromatic carbocycles. The Kier molecular flexibility index (Phi) is 7.52. The molecule has 12 rings (SSSR count). The first kappa shape index (κ1) is 34.6. The predicted molar refractivity (Wildman–Crippen MR) is 249 cm³/mol. The number of anilines is 3. The van der Waals surface area contributed by atoms with Crippen LogP contribution in [0.25, 0.3) is 55.3 Å². The SMILES string of the molecule is CC1(C)c2ccccc2C2(c3ccccc3-c3cc(-c4ccc(N(c5ccc(-c6ccccc6)cc5)c5ccc6oc7ccccc7c6c5)cc4)ccc32)c2ccccc21. The number of para-hydroxylation sites is 1. The van der Waals surface area contributed by atoms with Gasteiger partial charge in [-0.3, -0.25) is 0 Å². The summed E-state index contributed by atoms with van der Waals surface area (Å²) in [6.07, 6.45) is 0. The molecular weight excluding hydrogens is 727 g/mol. The van der Waals surface area contributed by atoms with Gasteiger partial charge < -0.3 is 9.32 Å². The molecule has 2 aliphatic carbocycles. The summed E-state index contributed by atoms with van der Waals surface area (Å²) in [5.74, 6) is 0. The van der Waals surface area contributed by atoms with E-state index in [1.54, 1.807) is 0 Å². The first-order valence-corrected chi connectivity index (χ1v) is 20.9. The van der Waals surface area contributed by atoms with Crippen LogP contribution in [0, 0.1) is 0 Å². The Morgan fingerprint density at radius 2 is 0.817 bits per heavy atom. The van der Waals surface area contributed by atoms with Crippen LogP contribution in [0.3, 0.4) is 0 Å². The third-order valence-electron chi connectivity index (χ3n) is 13.4. The van der Waals surface area contributed by atoms with Crippen molar-refractivity contribution in [2.45, 2.75) is 24.7 Å². The number of hydrogen-bond acceptors (Lipinski definition) is 2. The summed E-state index contributed by atoms with van der Waals surface area (Å²) in [6, 6.07) is 77.9. The van der Waals surface area contributed by atoms with Crippen molar-refractivity contribution in [2.75, 3.05) is 4.90 Å². The van der Waals surface area contributed by atoms with Gasteiger partial charge in [0.2, 0.25) is 0 Å². The van der Waals surface area contributed by atoms with Crippen molar-refractivity contribution in [3.8, 4) is 33.4 Å². The van der Waals surface area contributed by atoms with E-state index in [1.165, 1.54) is 66.8 Å². The molecule has 0 N–H and O–H groups in total. The van der Waals surface area contributed by atoms with Gasteiger partial charge in [-0.05, 0) is 121 Å². The summed E-state index contributed by atoms with van der Waals surface area (Å²) >= 11 is 0. The van der Waals surface area contributed by atoms with Gasteiger partial charge in [0.15, 0.2) is 0 Å². The molecule has 0 bridgehead atoms. The minimum absolute atomic E-state index is 0.117. The molecule has 60 heavy (non-hydrogen) atoms. The third-order valence-corrected chi connectivity index (χ3v) is 13.4. The topological polar surface area (TPSA) is 16.4 Å². The summed E-state index contributed by atoms with van der Waals surface area (Å²) in [4.78, 5) is 2.35. The molecule has 0 amide bonds. The van der Waals surface area contributed by atoms with Gasteiger partial charge in [-0.15, -0.1) is 0 Å². The number of hydrogen-bond donors (Lipinski definition) is 0. The standard InChI is InChI=1S/C58H41NO/c1-57(2)51-19-9-11-21-53(51)58(54-22-12-10-20-52(54)57)49-18-8-6-16-45(49)47-36-41(28-34-50(47)58)40-26-31-43(32-27-40)59(42-29-24-39(25-30-42)38-14-4-3-5-15-38)44-33-35-56-48(37-44)46-17-7-13-23-55(46)60-56/h3-37H,1-2H3. The molecule has 0 saturated carbocycles. The van der Waals surface area contributed by atoms with Crippen LogP contribution < -0.4 is 4.90 Å². The Bertz CT molecular complexity index is 3230. The first-order chi connectivity index (χ1) is 29.5. The largest absolute Gasteiger partial charge is 0.456 e. The number of fused-ring (bicyclic) bond motifs is 12. The fourth-order valence-electron chi connectivity index (χ4n) is 10.6. The van der Waals surface area contributed by atoms with E-state index < -0.39 is 5.41 Å². The van der Waals surface area contributed by atoms with E-state index in [4.69, 9.17) is 4.42 Å². The van der Waals surface area contributed by atoms with Crippen molar-refractivity contribution in [3.63, 3.8) is 0 Å². The van der Waals surface area contributed by atoms with Gasteiger partial charge in [0.25, 0.3) is 0 Å². The molecule has 10 aromatic rings. The minimum Gasteiger partial charge on any atom is -0.456 e. The molecule has 2 nitrogen and oxygen atoms in total. The minimum atomic E-state index is -0.394. The number of rotatable bonds is 5. The number of furan rings is 1. The molecule has 2 heteroatoms. The second kappa shape index (κ2) is 13.0. The van der Waals surface area contributed by atoms with Crippen LogP contribution in [0.15, 0.2) is 217 Å². The van der Waals surface area contributed by atoms with Crippen LogP contribution in [0.5, 0.6) is 0 Å². The molecule has 0 unspecified atom stereocenters. The molecular formula is C58H41NO.